The molecule has 0 aliphatic carbocycles. The number of nitrogens with zero attached hydrogens (tertiary/aromatic N) is 3. The van der Waals surface area contributed by atoms with Gasteiger partial charge in [0, 0.05) is 11.4 Å². The molecule has 2 unspecified atom stereocenters. The number of para-hydroxylation sites is 2. The van der Waals surface area contributed by atoms with Crippen molar-refractivity contribution in [1.82, 2.24) is 0 Å². The highest BCUT2D eigenvalue weighted by Crippen LogP contribution is 2.45. The van der Waals surface area contributed by atoms with Crippen LogP contribution in [0.2, 0.25) is 0 Å². The SMILES string of the molecule is CC1=NC2=C(C(N)N1c1ccccc1)N(c1c(C)cccc1C)C(N)S2. The van der Waals surface area contributed by atoms with Gasteiger partial charge < -0.3 is 21.3 Å². The number of aryl methyl sites for hydroxylation is 2. The van der Waals surface area contributed by atoms with Gasteiger partial charge in [0.15, 0.2) is 0 Å². The molecule has 0 aromatic heterocycles. The quantitative estimate of drug-likeness (QED) is 0.852. The van der Waals surface area contributed by atoms with Crippen molar-refractivity contribution in [2.75, 3.05) is 9.80 Å². The molecule has 2 atom stereocenters. The van der Waals surface area contributed by atoms with Gasteiger partial charge in [-0.2, -0.15) is 0 Å². The highest BCUT2D eigenvalue weighted by molar-refractivity contribution is 8.04. The first-order valence-electron chi connectivity index (χ1n) is 8.66. The van der Waals surface area contributed by atoms with Crippen LogP contribution >= 0.6 is 11.8 Å². The summed E-state index contributed by atoms with van der Waals surface area (Å²) in [4.78, 5) is 9.04. The highest BCUT2D eigenvalue weighted by atomic mass is 32.2. The number of hydrogen-bond donors (Lipinski definition) is 2. The number of amidine groups is 1. The van der Waals surface area contributed by atoms with Crippen LogP contribution in [0.25, 0.3) is 0 Å². The Morgan fingerprint density at radius 3 is 2.19 bits per heavy atom. The van der Waals surface area contributed by atoms with Gasteiger partial charge in [-0.25, -0.2) is 4.99 Å². The van der Waals surface area contributed by atoms with Crippen molar-refractivity contribution < 1.29 is 0 Å². The van der Waals surface area contributed by atoms with Crippen LogP contribution in [0.1, 0.15) is 18.1 Å². The predicted molar refractivity (Wildman–Crippen MR) is 111 cm³/mol. The summed E-state index contributed by atoms with van der Waals surface area (Å²) in [7, 11) is 0. The summed E-state index contributed by atoms with van der Waals surface area (Å²) in [6.07, 6.45) is -0.343. The molecule has 2 heterocycles. The number of anilines is 2. The van der Waals surface area contributed by atoms with Crippen LogP contribution < -0.4 is 21.3 Å². The summed E-state index contributed by atoms with van der Waals surface area (Å²) < 4.78 is 0. The van der Waals surface area contributed by atoms with Crippen LogP contribution in [0.15, 0.2) is 64.2 Å². The zero-order valence-electron chi connectivity index (χ0n) is 15.2. The summed E-state index contributed by atoms with van der Waals surface area (Å²) in [5, 5.41) is 0.914. The molecule has 2 aromatic rings. The number of aliphatic imine (C=N–C) groups is 1. The lowest BCUT2D eigenvalue weighted by Crippen LogP contribution is -2.53. The van der Waals surface area contributed by atoms with Crippen molar-refractivity contribution in [1.29, 1.82) is 0 Å². The molecule has 0 radical (unpaired) electrons. The van der Waals surface area contributed by atoms with E-state index in [0.29, 0.717) is 0 Å². The number of thioether (sulfide) groups is 1. The van der Waals surface area contributed by atoms with E-state index in [-0.39, 0.29) is 11.7 Å². The fraction of sp³-hybridized carbons (Fsp3) is 0.250. The summed E-state index contributed by atoms with van der Waals surface area (Å²) in [6, 6.07) is 16.4. The summed E-state index contributed by atoms with van der Waals surface area (Å²) in [6.45, 7) is 6.20. The fourth-order valence-corrected chi connectivity index (χ4v) is 4.79. The lowest BCUT2D eigenvalue weighted by atomic mass is 10.1. The Kier molecular flexibility index (Phi) is 4.26. The van der Waals surface area contributed by atoms with Crippen molar-refractivity contribution in [2.24, 2.45) is 16.5 Å². The molecule has 134 valence electrons. The standard InChI is InChI=1S/C20H23N5S/c1-12-8-7-9-13(2)16(12)25-17-18(21)24(15-10-5-4-6-11-15)14(3)23-19(17)26-20(25)22/h4-11,18,20H,21-22H2,1-3H3. The smallest absolute Gasteiger partial charge is 0.136 e. The molecule has 2 aliphatic rings. The van der Waals surface area contributed by atoms with Crippen LogP contribution in [0.4, 0.5) is 11.4 Å². The van der Waals surface area contributed by atoms with Gasteiger partial charge in [0.2, 0.25) is 0 Å². The maximum atomic E-state index is 6.75. The molecule has 0 amide bonds. The molecular weight excluding hydrogens is 342 g/mol. The van der Waals surface area contributed by atoms with Crippen molar-refractivity contribution in [2.45, 2.75) is 32.4 Å². The number of rotatable bonds is 2. The maximum absolute atomic E-state index is 6.75. The van der Waals surface area contributed by atoms with E-state index >= 15 is 0 Å². The van der Waals surface area contributed by atoms with Gasteiger partial charge in [0.1, 0.15) is 22.5 Å². The topological polar surface area (TPSA) is 70.9 Å². The third-order valence-electron chi connectivity index (χ3n) is 4.85. The van der Waals surface area contributed by atoms with Crippen LogP contribution in [0.3, 0.4) is 0 Å². The Bertz CT molecular complexity index is 885. The molecule has 5 nitrogen and oxygen atoms in total. The fourth-order valence-electron chi connectivity index (χ4n) is 3.71. The van der Waals surface area contributed by atoms with Gasteiger partial charge in [-0.3, -0.25) is 0 Å². The average Bonchev–Trinajstić information content (AvgIpc) is 2.92. The zero-order chi connectivity index (χ0) is 18.4. The van der Waals surface area contributed by atoms with Crippen LogP contribution in [0.5, 0.6) is 0 Å². The first kappa shape index (κ1) is 17.1. The third kappa shape index (κ3) is 2.61. The Balaban J connectivity index is 1.83. The third-order valence-corrected chi connectivity index (χ3v) is 5.83. The molecule has 0 bridgehead atoms. The van der Waals surface area contributed by atoms with E-state index in [1.54, 1.807) is 11.8 Å². The molecule has 0 saturated carbocycles. The Hall–Kier alpha value is -2.28. The Labute approximate surface area is 158 Å². The minimum Gasteiger partial charge on any atom is -0.314 e. The minimum absolute atomic E-state index is 0.238. The summed E-state index contributed by atoms with van der Waals surface area (Å²) >= 11 is 1.56. The van der Waals surface area contributed by atoms with E-state index in [2.05, 4.69) is 54.0 Å². The second kappa shape index (κ2) is 6.46. The minimum atomic E-state index is -0.343. The van der Waals surface area contributed by atoms with Crippen molar-refractivity contribution in [3.8, 4) is 0 Å². The van der Waals surface area contributed by atoms with Gasteiger partial charge in [-0.05, 0) is 44.0 Å². The van der Waals surface area contributed by atoms with Gasteiger partial charge >= 0.3 is 0 Å². The van der Waals surface area contributed by atoms with Crippen LogP contribution in [0, 0.1) is 13.8 Å². The first-order chi connectivity index (χ1) is 12.5. The highest BCUT2D eigenvalue weighted by Gasteiger charge is 2.41. The van der Waals surface area contributed by atoms with Crippen LogP contribution in [-0.4, -0.2) is 17.5 Å². The number of hydrogen-bond acceptors (Lipinski definition) is 6. The molecule has 0 fully saturated rings. The molecule has 4 N–H and O–H groups in total. The van der Waals surface area contributed by atoms with Gasteiger partial charge in [0.25, 0.3) is 0 Å². The molecule has 4 rings (SSSR count). The van der Waals surface area contributed by atoms with E-state index in [0.717, 1.165) is 27.9 Å². The molecule has 6 heteroatoms. The second-order valence-corrected chi connectivity index (χ2v) is 7.72. The predicted octanol–water partition coefficient (Wildman–Crippen LogP) is 3.49. The lowest BCUT2D eigenvalue weighted by molar-refractivity contribution is 0.714. The van der Waals surface area contributed by atoms with E-state index in [4.69, 9.17) is 16.5 Å². The summed E-state index contributed by atoms with van der Waals surface area (Å²) in [5.74, 6) is 0.880. The lowest BCUT2D eigenvalue weighted by Gasteiger charge is -2.38. The Morgan fingerprint density at radius 2 is 1.54 bits per heavy atom. The molecule has 2 aromatic carbocycles. The van der Waals surface area contributed by atoms with Crippen molar-refractivity contribution in [3.63, 3.8) is 0 Å². The largest absolute Gasteiger partial charge is 0.314 e. The Morgan fingerprint density at radius 1 is 0.885 bits per heavy atom. The second-order valence-electron chi connectivity index (χ2n) is 6.62. The summed E-state index contributed by atoms with van der Waals surface area (Å²) in [5.41, 5.74) is 18.5. The van der Waals surface area contributed by atoms with Crippen molar-refractivity contribution in [3.05, 3.63) is 70.4 Å². The zero-order valence-corrected chi connectivity index (χ0v) is 16.0. The average molecular weight is 366 g/mol. The van der Waals surface area contributed by atoms with Crippen molar-refractivity contribution >= 4 is 29.0 Å². The van der Waals surface area contributed by atoms with Gasteiger partial charge in [-0.15, -0.1) is 0 Å². The normalized spacial score (nSPS) is 22.6. The molecule has 0 spiro atoms. The van der Waals surface area contributed by atoms with E-state index in [9.17, 15) is 0 Å². The molecule has 0 saturated heterocycles. The van der Waals surface area contributed by atoms with E-state index in [1.807, 2.05) is 25.1 Å². The molecular formula is C20H23N5S. The first-order valence-corrected chi connectivity index (χ1v) is 9.54. The van der Waals surface area contributed by atoms with Crippen LogP contribution in [-0.2, 0) is 0 Å². The van der Waals surface area contributed by atoms with Gasteiger partial charge in [0.05, 0.1) is 5.70 Å². The molecule has 2 aliphatic heterocycles. The maximum Gasteiger partial charge on any atom is 0.136 e. The molecule has 26 heavy (non-hydrogen) atoms. The monoisotopic (exact) mass is 365 g/mol. The van der Waals surface area contributed by atoms with E-state index in [1.165, 1.54) is 11.1 Å². The van der Waals surface area contributed by atoms with E-state index < -0.39 is 0 Å². The number of nitrogens with two attached hydrogens (primary N) is 2. The number of benzene rings is 2. The van der Waals surface area contributed by atoms with Gasteiger partial charge in [-0.1, -0.05) is 48.2 Å².